The Labute approximate surface area is 83.9 Å². The standard InChI is InChI=1S/C10H17N3O/c1-7-3-2-4-8(5-7)10-12-9(6-11)13-14-10/h7-8H,2-6,11H2,1H3. The Morgan fingerprint density at radius 3 is 3.00 bits per heavy atom. The average molecular weight is 195 g/mol. The molecule has 1 aliphatic carbocycles. The van der Waals surface area contributed by atoms with Crippen molar-refractivity contribution < 1.29 is 4.52 Å². The Morgan fingerprint density at radius 2 is 2.36 bits per heavy atom. The predicted molar refractivity (Wildman–Crippen MR) is 52.6 cm³/mol. The summed E-state index contributed by atoms with van der Waals surface area (Å²) in [5.74, 6) is 2.66. The molecule has 0 spiro atoms. The molecule has 0 radical (unpaired) electrons. The van der Waals surface area contributed by atoms with Crippen LogP contribution in [-0.4, -0.2) is 10.1 Å². The van der Waals surface area contributed by atoms with Gasteiger partial charge in [-0.1, -0.05) is 24.9 Å². The van der Waals surface area contributed by atoms with Crippen LogP contribution in [0.3, 0.4) is 0 Å². The van der Waals surface area contributed by atoms with Crippen molar-refractivity contribution in [1.29, 1.82) is 0 Å². The first-order valence-electron chi connectivity index (χ1n) is 5.32. The van der Waals surface area contributed by atoms with Gasteiger partial charge < -0.3 is 10.3 Å². The molecule has 1 heterocycles. The highest BCUT2D eigenvalue weighted by molar-refractivity contribution is 4.95. The quantitative estimate of drug-likeness (QED) is 0.781. The number of rotatable bonds is 2. The van der Waals surface area contributed by atoms with Gasteiger partial charge in [0, 0.05) is 5.92 Å². The van der Waals surface area contributed by atoms with E-state index in [2.05, 4.69) is 17.1 Å². The zero-order valence-electron chi connectivity index (χ0n) is 8.57. The molecular weight excluding hydrogens is 178 g/mol. The van der Waals surface area contributed by atoms with Gasteiger partial charge in [0.05, 0.1) is 6.54 Å². The van der Waals surface area contributed by atoms with Gasteiger partial charge in [-0.3, -0.25) is 0 Å². The fourth-order valence-electron chi connectivity index (χ4n) is 2.17. The van der Waals surface area contributed by atoms with Crippen LogP contribution in [-0.2, 0) is 6.54 Å². The Hall–Kier alpha value is -0.900. The van der Waals surface area contributed by atoms with Crippen LogP contribution in [0.5, 0.6) is 0 Å². The maximum atomic E-state index is 5.43. The summed E-state index contributed by atoms with van der Waals surface area (Å²) in [5.41, 5.74) is 5.43. The summed E-state index contributed by atoms with van der Waals surface area (Å²) in [6.07, 6.45) is 4.95. The maximum absolute atomic E-state index is 5.43. The summed E-state index contributed by atoms with van der Waals surface area (Å²) in [4.78, 5) is 4.28. The molecule has 2 atom stereocenters. The second-order valence-electron chi connectivity index (χ2n) is 4.22. The number of aromatic nitrogens is 2. The Balaban J connectivity index is 2.06. The van der Waals surface area contributed by atoms with Gasteiger partial charge in [0.2, 0.25) is 5.89 Å². The van der Waals surface area contributed by atoms with E-state index in [-0.39, 0.29) is 0 Å². The molecule has 4 nitrogen and oxygen atoms in total. The summed E-state index contributed by atoms with van der Waals surface area (Å²) in [5, 5.41) is 3.82. The zero-order chi connectivity index (χ0) is 9.97. The van der Waals surface area contributed by atoms with E-state index in [1.165, 1.54) is 25.7 Å². The molecule has 78 valence electrons. The van der Waals surface area contributed by atoms with Gasteiger partial charge in [0.1, 0.15) is 0 Å². The van der Waals surface area contributed by atoms with Crippen LogP contribution >= 0.6 is 0 Å². The highest BCUT2D eigenvalue weighted by atomic mass is 16.5. The van der Waals surface area contributed by atoms with E-state index in [9.17, 15) is 0 Å². The van der Waals surface area contributed by atoms with E-state index in [4.69, 9.17) is 10.3 Å². The number of hydrogen-bond acceptors (Lipinski definition) is 4. The molecule has 0 aromatic carbocycles. The van der Waals surface area contributed by atoms with E-state index >= 15 is 0 Å². The Bertz CT molecular complexity index is 297. The monoisotopic (exact) mass is 195 g/mol. The van der Waals surface area contributed by atoms with Gasteiger partial charge >= 0.3 is 0 Å². The van der Waals surface area contributed by atoms with E-state index in [1.807, 2.05) is 0 Å². The maximum Gasteiger partial charge on any atom is 0.229 e. The molecule has 4 heteroatoms. The first kappa shape index (κ1) is 9.65. The van der Waals surface area contributed by atoms with Gasteiger partial charge in [0.15, 0.2) is 5.82 Å². The summed E-state index contributed by atoms with van der Waals surface area (Å²) in [7, 11) is 0. The molecular formula is C10H17N3O. The summed E-state index contributed by atoms with van der Waals surface area (Å²) in [6, 6.07) is 0. The lowest BCUT2D eigenvalue weighted by molar-refractivity contribution is 0.275. The van der Waals surface area contributed by atoms with Crippen LogP contribution in [0, 0.1) is 5.92 Å². The molecule has 1 aliphatic rings. The first-order chi connectivity index (χ1) is 6.79. The topological polar surface area (TPSA) is 64.9 Å². The van der Waals surface area contributed by atoms with Crippen molar-refractivity contribution in [3.63, 3.8) is 0 Å². The molecule has 1 aromatic rings. The molecule has 1 saturated carbocycles. The minimum absolute atomic E-state index is 0.367. The van der Waals surface area contributed by atoms with E-state index in [1.54, 1.807) is 0 Å². The van der Waals surface area contributed by atoms with Crippen molar-refractivity contribution in [1.82, 2.24) is 10.1 Å². The van der Waals surface area contributed by atoms with E-state index < -0.39 is 0 Å². The van der Waals surface area contributed by atoms with Crippen LogP contribution < -0.4 is 5.73 Å². The fourth-order valence-corrected chi connectivity index (χ4v) is 2.17. The summed E-state index contributed by atoms with van der Waals surface area (Å²) >= 11 is 0. The van der Waals surface area contributed by atoms with E-state index in [0.717, 1.165) is 11.8 Å². The van der Waals surface area contributed by atoms with Gasteiger partial charge in [-0.05, 0) is 18.8 Å². The Morgan fingerprint density at radius 1 is 1.50 bits per heavy atom. The molecule has 2 unspecified atom stereocenters. The molecule has 1 fully saturated rings. The van der Waals surface area contributed by atoms with Crippen molar-refractivity contribution in [2.45, 2.75) is 45.1 Å². The van der Waals surface area contributed by atoms with Crippen molar-refractivity contribution >= 4 is 0 Å². The van der Waals surface area contributed by atoms with Crippen LogP contribution in [0.1, 0.15) is 50.2 Å². The van der Waals surface area contributed by atoms with Crippen LogP contribution in [0.2, 0.25) is 0 Å². The molecule has 1 aromatic heterocycles. The lowest BCUT2D eigenvalue weighted by Gasteiger charge is -2.23. The van der Waals surface area contributed by atoms with Crippen molar-refractivity contribution in [2.75, 3.05) is 0 Å². The first-order valence-corrected chi connectivity index (χ1v) is 5.32. The third-order valence-electron chi connectivity index (χ3n) is 2.95. The molecule has 0 aliphatic heterocycles. The second kappa shape index (κ2) is 4.09. The van der Waals surface area contributed by atoms with Crippen molar-refractivity contribution in [3.8, 4) is 0 Å². The van der Waals surface area contributed by atoms with Crippen molar-refractivity contribution in [3.05, 3.63) is 11.7 Å². The number of nitrogens with zero attached hydrogens (tertiary/aromatic N) is 2. The zero-order valence-corrected chi connectivity index (χ0v) is 8.57. The minimum Gasteiger partial charge on any atom is -0.339 e. The number of nitrogens with two attached hydrogens (primary N) is 1. The summed E-state index contributed by atoms with van der Waals surface area (Å²) in [6.45, 7) is 2.65. The predicted octanol–water partition coefficient (Wildman–Crippen LogP) is 1.82. The largest absolute Gasteiger partial charge is 0.339 e. The smallest absolute Gasteiger partial charge is 0.229 e. The SMILES string of the molecule is CC1CCCC(c2nc(CN)no2)C1. The minimum atomic E-state index is 0.367. The fraction of sp³-hybridized carbons (Fsp3) is 0.800. The van der Waals surface area contributed by atoms with Gasteiger partial charge in [0.25, 0.3) is 0 Å². The highest BCUT2D eigenvalue weighted by Gasteiger charge is 2.24. The van der Waals surface area contributed by atoms with Crippen LogP contribution in [0.4, 0.5) is 0 Å². The molecule has 0 bridgehead atoms. The normalized spacial score (nSPS) is 27.9. The lowest BCUT2D eigenvalue weighted by Crippen LogP contribution is -2.12. The van der Waals surface area contributed by atoms with Gasteiger partial charge in [-0.2, -0.15) is 4.98 Å². The molecule has 0 saturated heterocycles. The van der Waals surface area contributed by atoms with E-state index in [0.29, 0.717) is 18.3 Å². The molecule has 2 N–H and O–H groups in total. The molecule has 2 rings (SSSR count). The van der Waals surface area contributed by atoms with Gasteiger partial charge in [-0.15, -0.1) is 0 Å². The molecule has 14 heavy (non-hydrogen) atoms. The third-order valence-corrected chi connectivity index (χ3v) is 2.95. The van der Waals surface area contributed by atoms with Crippen molar-refractivity contribution in [2.24, 2.45) is 11.7 Å². The van der Waals surface area contributed by atoms with Crippen LogP contribution in [0.15, 0.2) is 4.52 Å². The lowest BCUT2D eigenvalue weighted by atomic mass is 9.82. The van der Waals surface area contributed by atoms with Crippen LogP contribution in [0.25, 0.3) is 0 Å². The van der Waals surface area contributed by atoms with Gasteiger partial charge in [-0.25, -0.2) is 0 Å². The highest BCUT2D eigenvalue weighted by Crippen LogP contribution is 2.34. The number of hydrogen-bond donors (Lipinski definition) is 1. The third kappa shape index (κ3) is 1.95. The summed E-state index contributed by atoms with van der Waals surface area (Å²) < 4.78 is 5.20. The second-order valence-corrected chi connectivity index (χ2v) is 4.22. The average Bonchev–Trinajstić information content (AvgIpc) is 2.66. The molecule has 0 amide bonds. The Kier molecular flexibility index (Phi) is 2.82.